The number of sulfonamides is 1. The van der Waals surface area contributed by atoms with E-state index in [1.807, 2.05) is 0 Å². The van der Waals surface area contributed by atoms with Crippen molar-refractivity contribution >= 4 is 15.9 Å². The number of hydrogen-bond donors (Lipinski definition) is 1. The number of nitrogens with zero attached hydrogens (tertiary/aromatic N) is 1. The lowest BCUT2D eigenvalue weighted by molar-refractivity contribution is -0.138. The zero-order chi connectivity index (χ0) is 20.3. The molecule has 1 N–H and O–H groups in total. The molecule has 9 heteroatoms. The Bertz CT molecular complexity index is 772. The molecular formula is C18H25F3N2O3S. The molecule has 1 aliphatic rings. The summed E-state index contributed by atoms with van der Waals surface area (Å²) in [6.07, 6.45) is -0.364. The Kier molecular flexibility index (Phi) is 6.57. The van der Waals surface area contributed by atoms with Crippen LogP contribution >= 0.6 is 0 Å². The highest BCUT2D eigenvalue weighted by Crippen LogP contribution is 2.43. The molecule has 1 aromatic rings. The third-order valence-corrected chi connectivity index (χ3v) is 6.45. The summed E-state index contributed by atoms with van der Waals surface area (Å²) < 4.78 is 63.1. The van der Waals surface area contributed by atoms with Gasteiger partial charge in [0.05, 0.1) is 17.2 Å². The van der Waals surface area contributed by atoms with Gasteiger partial charge in [0, 0.05) is 20.1 Å². The Balaban J connectivity index is 2.09. The van der Waals surface area contributed by atoms with Crippen LogP contribution in [0.25, 0.3) is 0 Å². The molecule has 2 rings (SSSR count). The van der Waals surface area contributed by atoms with Crippen molar-refractivity contribution < 1.29 is 26.4 Å². The van der Waals surface area contributed by atoms with Gasteiger partial charge in [-0.3, -0.25) is 4.79 Å². The van der Waals surface area contributed by atoms with Crippen molar-refractivity contribution in [2.24, 2.45) is 0 Å². The second-order valence-electron chi connectivity index (χ2n) is 7.06. The first-order valence-electron chi connectivity index (χ1n) is 8.84. The molecule has 1 amide bonds. The van der Waals surface area contributed by atoms with Gasteiger partial charge in [-0.25, -0.2) is 12.7 Å². The predicted octanol–water partition coefficient (Wildman–Crippen LogP) is 2.91. The van der Waals surface area contributed by atoms with Crippen LogP contribution in [0, 0.1) is 0 Å². The molecule has 1 aliphatic carbocycles. The van der Waals surface area contributed by atoms with Crippen molar-refractivity contribution in [1.29, 1.82) is 0 Å². The van der Waals surface area contributed by atoms with Gasteiger partial charge in [0.2, 0.25) is 15.9 Å². The summed E-state index contributed by atoms with van der Waals surface area (Å²) in [5.41, 5.74) is -1.32. The standard InChI is InChI=1S/C18H25F3N2O3S/c1-23(27(2,25)26)12-6-11-22-16(24)17(9-3-4-10-17)14-7-5-8-15(13-14)18(19,20)21/h5,7-8,13H,3-4,6,9-12H2,1-2H3,(H,22,24). The Labute approximate surface area is 158 Å². The largest absolute Gasteiger partial charge is 0.416 e. The fourth-order valence-corrected chi connectivity index (χ4v) is 3.92. The average molecular weight is 406 g/mol. The number of nitrogens with one attached hydrogen (secondary N) is 1. The van der Waals surface area contributed by atoms with E-state index in [1.165, 1.54) is 17.4 Å². The number of carbonyl (C=O) groups is 1. The van der Waals surface area contributed by atoms with E-state index in [0.717, 1.165) is 31.2 Å². The molecule has 0 atom stereocenters. The SMILES string of the molecule is CN(CCCNC(=O)C1(c2cccc(C(F)(F)F)c2)CCCC1)S(C)(=O)=O. The van der Waals surface area contributed by atoms with E-state index < -0.39 is 27.2 Å². The molecule has 1 fully saturated rings. The zero-order valence-corrected chi connectivity index (χ0v) is 16.3. The molecule has 1 aromatic carbocycles. The van der Waals surface area contributed by atoms with Gasteiger partial charge >= 0.3 is 6.18 Å². The van der Waals surface area contributed by atoms with Crippen LogP contribution in [0.15, 0.2) is 24.3 Å². The van der Waals surface area contributed by atoms with E-state index in [0.29, 0.717) is 24.8 Å². The molecule has 0 bridgehead atoms. The van der Waals surface area contributed by atoms with Crippen molar-refractivity contribution in [2.75, 3.05) is 26.4 Å². The molecule has 1 saturated carbocycles. The van der Waals surface area contributed by atoms with Crippen LogP contribution in [0.5, 0.6) is 0 Å². The molecular weight excluding hydrogens is 381 g/mol. The predicted molar refractivity (Wildman–Crippen MR) is 96.7 cm³/mol. The Hall–Kier alpha value is -1.61. The van der Waals surface area contributed by atoms with E-state index in [2.05, 4.69) is 5.32 Å². The smallest absolute Gasteiger partial charge is 0.355 e. The summed E-state index contributed by atoms with van der Waals surface area (Å²) in [4.78, 5) is 12.8. The lowest BCUT2D eigenvalue weighted by Gasteiger charge is -2.29. The van der Waals surface area contributed by atoms with Crippen molar-refractivity contribution in [1.82, 2.24) is 9.62 Å². The quantitative estimate of drug-likeness (QED) is 0.708. The van der Waals surface area contributed by atoms with Gasteiger partial charge < -0.3 is 5.32 Å². The second-order valence-corrected chi connectivity index (χ2v) is 9.15. The maximum absolute atomic E-state index is 13.0. The summed E-state index contributed by atoms with van der Waals surface area (Å²) in [7, 11) is -1.82. The molecule has 0 radical (unpaired) electrons. The molecule has 0 saturated heterocycles. The molecule has 0 spiro atoms. The number of benzene rings is 1. The Morgan fingerprint density at radius 1 is 1.26 bits per heavy atom. The van der Waals surface area contributed by atoms with Gasteiger partial charge in [-0.05, 0) is 30.9 Å². The third-order valence-electron chi connectivity index (χ3n) is 5.14. The zero-order valence-electron chi connectivity index (χ0n) is 15.5. The number of carbonyl (C=O) groups excluding carboxylic acids is 1. The number of hydrogen-bond acceptors (Lipinski definition) is 3. The minimum Gasteiger partial charge on any atom is -0.355 e. The molecule has 152 valence electrons. The average Bonchev–Trinajstić information content (AvgIpc) is 3.08. The highest BCUT2D eigenvalue weighted by atomic mass is 32.2. The van der Waals surface area contributed by atoms with Crippen LogP contribution in [0.3, 0.4) is 0 Å². The number of rotatable bonds is 7. The van der Waals surface area contributed by atoms with E-state index >= 15 is 0 Å². The Morgan fingerprint density at radius 3 is 2.44 bits per heavy atom. The van der Waals surface area contributed by atoms with Crippen LogP contribution in [0.4, 0.5) is 13.2 Å². The molecule has 0 aromatic heterocycles. The molecule has 27 heavy (non-hydrogen) atoms. The number of halogens is 3. The monoisotopic (exact) mass is 406 g/mol. The van der Waals surface area contributed by atoms with Gasteiger partial charge in [-0.1, -0.05) is 31.0 Å². The first-order chi connectivity index (χ1) is 12.5. The van der Waals surface area contributed by atoms with Gasteiger partial charge in [0.15, 0.2) is 0 Å². The molecule has 0 aliphatic heterocycles. The maximum atomic E-state index is 13.0. The summed E-state index contributed by atoms with van der Waals surface area (Å²) >= 11 is 0. The highest BCUT2D eigenvalue weighted by molar-refractivity contribution is 7.88. The van der Waals surface area contributed by atoms with E-state index in [9.17, 15) is 26.4 Å². The minimum absolute atomic E-state index is 0.260. The van der Waals surface area contributed by atoms with E-state index in [4.69, 9.17) is 0 Å². The van der Waals surface area contributed by atoms with Gasteiger partial charge in [-0.2, -0.15) is 13.2 Å². The van der Waals surface area contributed by atoms with Gasteiger partial charge in [0.1, 0.15) is 0 Å². The first-order valence-corrected chi connectivity index (χ1v) is 10.7. The lowest BCUT2D eigenvalue weighted by atomic mass is 9.77. The second kappa shape index (κ2) is 8.18. The van der Waals surface area contributed by atoms with Crippen LogP contribution in [0.1, 0.15) is 43.2 Å². The molecule has 0 heterocycles. The van der Waals surface area contributed by atoms with Crippen LogP contribution < -0.4 is 5.32 Å². The fraction of sp³-hybridized carbons (Fsp3) is 0.611. The molecule has 5 nitrogen and oxygen atoms in total. The first kappa shape index (κ1) is 21.7. The van der Waals surface area contributed by atoms with Crippen LogP contribution in [-0.4, -0.2) is 45.0 Å². The van der Waals surface area contributed by atoms with Crippen molar-refractivity contribution in [3.8, 4) is 0 Å². The van der Waals surface area contributed by atoms with Crippen LogP contribution in [-0.2, 0) is 26.4 Å². The third kappa shape index (κ3) is 5.22. The lowest BCUT2D eigenvalue weighted by Crippen LogP contribution is -2.43. The summed E-state index contributed by atoms with van der Waals surface area (Å²) in [6, 6.07) is 5.00. The Morgan fingerprint density at radius 2 is 1.89 bits per heavy atom. The summed E-state index contributed by atoms with van der Waals surface area (Å²) in [5.74, 6) is -0.290. The normalized spacial score (nSPS) is 17.3. The van der Waals surface area contributed by atoms with Crippen molar-refractivity contribution in [3.63, 3.8) is 0 Å². The topological polar surface area (TPSA) is 66.5 Å². The fourth-order valence-electron chi connectivity index (χ4n) is 3.46. The number of alkyl halides is 3. The van der Waals surface area contributed by atoms with Crippen LogP contribution in [0.2, 0.25) is 0 Å². The highest BCUT2D eigenvalue weighted by Gasteiger charge is 2.43. The number of amides is 1. The van der Waals surface area contributed by atoms with Crippen molar-refractivity contribution in [2.45, 2.75) is 43.7 Å². The maximum Gasteiger partial charge on any atom is 0.416 e. The summed E-state index contributed by atoms with van der Waals surface area (Å²) in [5, 5.41) is 2.79. The van der Waals surface area contributed by atoms with E-state index in [-0.39, 0.29) is 19.0 Å². The molecule has 0 unspecified atom stereocenters. The van der Waals surface area contributed by atoms with Gasteiger partial charge in [0.25, 0.3) is 0 Å². The van der Waals surface area contributed by atoms with Gasteiger partial charge in [-0.15, -0.1) is 0 Å². The van der Waals surface area contributed by atoms with Crippen molar-refractivity contribution in [3.05, 3.63) is 35.4 Å². The summed E-state index contributed by atoms with van der Waals surface area (Å²) in [6.45, 7) is 0.523. The minimum atomic E-state index is -4.46. The van der Waals surface area contributed by atoms with E-state index in [1.54, 1.807) is 6.07 Å².